The fourth-order valence-electron chi connectivity index (χ4n) is 2.23. The molecule has 1 heterocycles. The summed E-state index contributed by atoms with van der Waals surface area (Å²) in [7, 11) is 0. The molecule has 0 aliphatic heterocycles. The van der Waals surface area contributed by atoms with Crippen molar-refractivity contribution in [1.29, 1.82) is 0 Å². The van der Waals surface area contributed by atoms with Gasteiger partial charge in [-0.15, -0.1) is 0 Å². The highest BCUT2D eigenvalue weighted by Gasteiger charge is 2.14. The van der Waals surface area contributed by atoms with Crippen LogP contribution in [0.1, 0.15) is 30.0 Å². The van der Waals surface area contributed by atoms with E-state index in [2.05, 4.69) is 22.2 Å². The molecule has 3 nitrogen and oxygen atoms in total. The molecule has 0 fully saturated rings. The summed E-state index contributed by atoms with van der Waals surface area (Å²) in [5, 5.41) is 3.14. The predicted molar refractivity (Wildman–Crippen MR) is 80.4 cm³/mol. The minimum atomic E-state index is -0.231. The Morgan fingerprint density at radius 3 is 2.55 bits per heavy atom. The number of hydrogen-bond donors (Lipinski definition) is 1. The highest BCUT2D eigenvalue weighted by Crippen LogP contribution is 2.29. The van der Waals surface area contributed by atoms with Gasteiger partial charge in [0.2, 0.25) is 5.95 Å². The van der Waals surface area contributed by atoms with Crippen LogP contribution in [0.3, 0.4) is 0 Å². The van der Waals surface area contributed by atoms with Crippen LogP contribution in [0, 0.1) is 26.6 Å². The summed E-state index contributed by atoms with van der Waals surface area (Å²) in [5.41, 5.74) is 3.91. The van der Waals surface area contributed by atoms with Crippen LogP contribution < -0.4 is 5.32 Å². The van der Waals surface area contributed by atoms with Gasteiger partial charge < -0.3 is 5.32 Å². The van der Waals surface area contributed by atoms with Crippen LogP contribution in [0.2, 0.25) is 0 Å². The SMILES string of the molecule is CCCNc1ncc(C)c(-c2c(C)cc(C)cc2F)n1. The van der Waals surface area contributed by atoms with Crippen LogP contribution >= 0.6 is 0 Å². The van der Waals surface area contributed by atoms with Crippen molar-refractivity contribution >= 4 is 5.95 Å². The standard InChI is InChI=1S/C16H20FN3/c1-5-6-18-16-19-9-12(4)15(20-16)14-11(3)7-10(2)8-13(14)17/h7-9H,5-6H2,1-4H3,(H,18,19,20). The van der Waals surface area contributed by atoms with Crippen molar-refractivity contribution in [2.45, 2.75) is 34.1 Å². The van der Waals surface area contributed by atoms with Crippen LogP contribution in [0.15, 0.2) is 18.3 Å². The minimum absolute atomic E-state index is 0.231. The van der Waals surface area contributed by atoms with Crippen molar-refractivity contribution in [1.82, 2.24) is 9.97 Å². The van der Waals surface area contributed by atoms with Crippen molar-refractivity contribution in [3.63, 3.8) is 0 Å². The molecule has 4 heteroatoms. The van der Waals surface area contributed by atoms with Gasteiger partial charge in [-0.05, 0) is 49.9 Å². The van der Waals surface area contributed by atoms with E-state index in [9.17, 15) is 4.39 Å². The number of benzene rings is 1. The van der Waals surface area contributed by atoms with E-state index >= 15 is 0 Å². The Kier molecular flexibility index (Phi) is 4.32. The number of aryl methyl sites for hydroxylation is 3. The molecule has 20 heavy (non-hydrogen) atoms. The molecule has 1 N–H and O–H groups in total. The first-order chi connectivity index (χ1) is 9.52. The van der Waals surface area contributed by atoms with Crippen molar-refractivity contribution < 1.29 is 4.39 Å². The first kappa shape index (κ1) is 14.4. The highest BCUT2D eigenvalue weighted by molar-refractivity contribution is 5.68. The Morgan fingerprint density at radius 2 is 1.90 bits per heavy atom. The molecule has 0 aliphatic rings. The van der Waals surface area contributed by atoms with Gasteiger partial charge in [-0.3, -0.25) is 0 Å². The van der Waals surface area contributed by atoms with Crippen molar-refractivity contribution in [2.75, 3.05) is 11.9 Å². The second-order valence-corrected chi connectivity index (χ2v) is 5.09. The summed E-state index contributed by atoms with van der Waals surface area (Å²) >= 11 is 0. The molecular formula is C16H20FN3. The normalized spacial score (nSPS) is 10.7. The largest absolute Gasteiger partial charge is 0.354 e. The number of nitrogens with zero attached hydrogens (tertiary/aromatic N) is 2. The fourth-order valence-corrected chi connectivity index (χ4v) is 2.23. The van der Waals surface area contributed by atoms with Gasteiger partial charge >= 0.3 is 0 Å². The van der Waals surface area contributed by atoms with Crippen LogP contribution in [0.25, 0.3) is 11.3 Å². The number of aromatic nitrogens is 2. The molecule has 0 unspecified atom stereocenters. The lowest BCUT2D eigenvalue weighted by Crippen LogP contribution is -2.06. The Morgan fingerprint density at radius 1 is 1.15 bits per heavy atom. The molecular weight excluding hydrogens is 253 g/mol. The number of halogens is 1. The summed E-state index contributed by atoms with van der Waals surface area (Å²) in [5.74, 6) is 0.317. The van der Waals surface area contributed by atoms with Gasteiger partial charge in [0.15, 0.2) is 0 Å². The first-order valence-corrected chi connectivity index (χ1v) is 6.87. The number of rotatable bonds is 4. The molecule has 2 rings (SSSR count). The van der Waals surface area contributed by atoms with E-state index in [0.29, 0.717) is 17.2 Å². The lowest BCUT2D eigenvalue weighted by atomic mass is 10.00. The second-order valence-electron chi connectivity index (χ2n) is 5.09. The zero-order valence-electron chi connectivity index (χ0n) is 12.4. The van der Waals surface area contributed by atoms with Gasteiger partial charge in [-0.2, -0.15) is 0 Å². The van der Waals surface area contributed by atoms with Crippen LogP contribution in [0.5, 0.6) is 0 Å². The number of anilines is 1. The van der Waals surface area contributed by atoms with Gasteiger partial charge in [0.1, 0.15) is 5.82 Å². The summed E-state index contributed by atoms with van der Waals surface area (Å²) in [6.45, 7) is 8.58. The first-order valence-electron chi connectivity index (χ1n) is 6.87. The summed E-state index contributed by atoms with van der Waals surface area (Å²) < 4.78 is 14.3. The predicted octanol–water partition coefficient (Wildman–Crippen LogP) is 4.03. The number of nitrogens with one attached hydrogen (secondary N) is 1. The molecule has 0 spiro atoms. The molecule has 1 aromatic heterocycles. The summed E-state index contributed by atoms with van der Waals surface area (Å²) in [4.78, 5) is 8.70. The molecule has 0 bridgehead atoms. The maximum absolute atomic E-state index is 14.3. The van der Waals surface area contributed by atoms with Crippen LogP contribution in [-0.4, -0.2) is 16.5 Å². The van der Waals surface area contributed by atoms with E-state index in [4.69, 9.17) is 0 Å². The van der Waals surface area contributed by atoms with Crippen molar-refractivity contribution in [3.8, 4) is 11.3 Å². The molecule has 1 aromatic carbocycles. The highest BCUT2D eigenvalue weighted by atomic mass is 19.1. The van der Waals surface area contributed by atoms with Gasteiger partial charge in [0.05, 0.1) is 5.69 Å². The maximum atomic E-state index is 14.3. The monoisotopic (exact) mass is 273 g/mol. The van der Waals surface area contributed by atoms with Crippen molar-refractivity contribution in [3.05, 3.63) is 40.8 Å². The molecule has 0 radical (unpaired) electrons. The lowest BCUT2D eigenvalue weighted by Gasteiger charge is -2.12. The molecule has 0 aliphatic carbocycles. The second kappa shape index (κ2) is 5.99. The third-order valence-corrected chi connectivity index (χ3v) is 3.17. The van der Waals surface area contributed by atoms with E-state index in [1.165, 1.54) is 0 Å². The Balaban J connectivity index is 2.51. The Labute approximate surface area is 119 Å². The van der Waals surface area contributed by atoms with E-state index < -0.39 is 0 Å². The third-order valence-electron chi connectivity index (χ3n) is 3.17. The smallest absolute Gasteiger partial charge is 0.223 e. The zero-order valence-corrected chi connectivity index (χ0v) is 12.4. The Hall–Kier alpha value is -1.97. The van der Waals surface area contributed by atoms with Gasteiger partial charge in [0.25, 0.3) is 0 Å². The summed E-state index contributed by atoms with van der Waals surface area (Å²) in [6, 6.07) is 3.52. The van der Waals surface area contributed by atoms with Gasteiger partial charge in [0, 0.05) is 18.3 Å². The topological polar surface area (TPSA) is 37.8 Å². The fraction of sp³-hybridized carbons (Fsp3) is 0.375. The van der Waals surface area contributed by atoms with Crippen molar-refractivity contribution in [2.24, 2.45) is 0 Å². The quantitative estimate of drug-likeness (QED) is 0.914. The van der Waals surface area contributed by atoms with Gasteiger partial charge in [-0.1, -0.05) is 13.0 Å². The van der Waals surface area contributed by atoms with E-state index in [1.807, 2.05) is 26.8 Å². The van der Waals surface area contributed by atoms with E-state index in [1.54, 1.807) is 12.3 Å². The molecule has 0 saturated carbocycles. The molecule has 0 atom stereocenters. The van der Waals surface area contributed by atoms with Crippen LogP contribution in [0.4, 0.5) is 10.3 Å². The van der Waals surface area contributed by atoms with E-state index in [0.717, 1.165) is 29.7 Å². The minimum Gasteiger partial charge on any atom is -0.354 e. The number of hydrogen-bond acceptors (Lipinski definition) is 3. The Bertz CT molecular complexity index is 600. The summed E-state index contributed by atoms with van der Waals surface area (Å²) in [6.07, 6.45) is 2.73. The van der Waals surface area contributed by atoms with Crippen LogP contribution in [-0.2, 0) is 0 Å². The van der Waals surface area contributed by atoms with Gasteiger partial charge in [-0.25, -0.2) is 14.4 Å². The molecule has 2 aromatic rings. The zero-order chi connectivity index (χ0) is 14.7. The molecule has 0 amide bonds. The third kappa shape index (κ3) is 2.95. The lowest BCUT2D eigenvalue weighted by molar-refractivity contribution is 0.628. The van der Waals surface area contributed by atoms with E-state index in [-0.39, 0.29) is 5.82 Å². The molecule has 106 valence electrons. The molecule has 0 saturated heterocycles. The average molecular weight is 273 g/mol. The average Bonchev–Trinajstić information content (AvgIpc) is 2.38. The maximum Gasteiger partial charge on any atom is 0.223 e.